The highest BCUT2D eigenvalue weighted by atomic mass is 16.5. The molecule has 0 bridgehead atoms. The third-order valence-electron chi connectivity index (χ3n) is 1.99. The summed E-state index contributed by atoms with van der Waals surface area (Å²) in [5, 5.41) is 0. The zero-order valence-corrected chi connectivity index (χ0v) is 6.59. The zero-order chi connectivity index (χ0) is 7.56. The molecule has 0 radical (unpaired) electrons. The van der Waals surface area contributed by atoms with Crippen LogP contribution in [0.3, 0.4) is 0 Å². The fourth-order valence-electron chi connectivity index (χ4n) is 1.15. The fourth-order valence-corrected chi connectivity index (χ4v) is 1.15. The van der Waals surface area contributed by atoms with Gasteiger partial charge >= 0.3 is 5.97 Å². The van der Waals surface area contributed by atoms with E-state index in [1.807, 2.05) is 6.92 Å². The second-order valence-corrected chi connectivity index (χ2v) is 3.10. The summed E-state index contributed by atoms with van der Waals surface area (Å²) in [6.45, 7) is 1.93. The Morgan fingerprint density at radius 2 is 2.30 bits per heavy atom. The number of carbonyl (C=O) groups excluding carboxylic acids is 1. The molecule has 10 heavy (non-hydrogen) atoms. The highest BCUT2D eigenvalue weighted by Crippen LogP contribution is 2.35. The maximum atomic E-state index is 10.9. The quantitative estimate of drug-likeness (QED) is 0.559. The molecule has 0 saturated heterocycles. The molecule has 1 rings (SSSR count). The molecule has 1 aliphatic carbocycles. The van der Waals surface area contributed by atoms with Gasteiger partial charge in [-0.2, -0.15) is 0 Å². The van der Waals surface area contributed by atoms with E-state index in [4.69, 9.17) is 0 Å². The number of carbonyl (C=O) groups is 1. The molecule has 0 heterocycles. The van der Waals surface area contributed by atoms with Crippen molar-refractivity contribution >= 4 is 5.97 Å². The second-order valence-electron chi connectivity index (χ2n) is 3.10. The Kier molecular flexibility index (Phi) is 2.30. The van der Waals surface area contributed by atoms with E-state index in [0.717, 1.165) is 12.3 Å². The van der Waals surface area contributed by atoms with E-state index in [0.29, 0.717) is 0 Å². The van der Waals surface area contributed by atoms with Crippen LogP contribution >= 0.6 is 0 Å². The average molecular weight is 142 g/mol. The largest absolute Gasteiger partial charge is 0.469 e. The molecular formula is C8H14O2. The van der Waals surface area contributed by atoms with Crippen molar-refractivity contribution in [3.63, 3.8) is 0 Å². The predicted molar refractivity (Wildman–Crippen MR) is 38.5 cm³/mol. The van der Waals surface area contributed by atoms with Gasteiger partial charge in [-0.3, -0.25) is 4.79 Å². The molecule has 0 spiro atoms. The van der Waals surface area contributed by atoms with Gasteiger partial charge in [0, 0.05) is 0 Å². The van der Waals surface area contributed by atoms with Crippen molar-refractivity contribution in [2.24, 2.45) is 11.8 Å². The fraction of sp³-hybridized carbons (Fsp3) is 0.875. The van der Waals surface area contributed by atoms with Gasteiger partial charge in [0.25, 0.3) is 0 Å². The molecule has 1 saturated carbocycles. The summed E-state index contributed by atoms with van der Waals surface area (Å²) in [6.07, 6.45) is 3.63. The van der Waals surface area contributed by atoms with Crippen molar-refractivity contribution in [3.05, 3.63) is 0 Å². The van der Waals surface area contributed by atoms with Gasteiger partial charge in [0.1, 0.15) is 0 Å². The summed E-state index contributed by atoms with van der Waals surface area (Å²) in [5.41, 5.74) is 0. The van der Waals surface area contributed by atoms with Crippen LogP contribution in [-0.4, -0.2) is 13.1 Å². The minimum Gasteiger partial charge on any atom is -0.469 e. The third-order valence-corrected chi connectivity index (χ3v) is 1.99. The van der Waals surface area contributed by atoms with Gasteiger partial charge in [0.05, 0.1) is 13.0 Å². The molecular weight excluding hydrogens is 128 g/mol. The summed E-state index contributed by atoms with van der Waals surface area (Å²) < 4.78 is 4.60. The molecule has 0 aromatic carbocycles. The Bertz CT molecular complexity index is 127. The lowest BCUT2D eigenvalue weighted by molar-refractivity contribution is -0.145. The van der Waals surface area contributed by atoms with Gasteiger partial charge in [0.15, 0.2) is 0 Å². The Hall–Kier alpha value is -0.530. The summed E-state index contributed by atoms with van der Waals surface area (Å²) in [7, 11) is 1.45. The molecule has 0 aromatic rings. The minimum atomic E-state index is -0.0631. The Morgan fingerprint density at radius 1 is 1.70 bits per heavy atom. The Morgan fingerprint density at radius 3 is 2.70 bits per heavy atom. The molecule has 2 nitrogen and oxygen atoms in total. The number of ether oxygens (including phenoxy) is 1. The van der Waals surface area contributed by atoms with Crippen LogP contribution in [0, 0.1) is 11.8 Å². The maximum absolute atomic E-state index is 10.9. The van der Waals surface area contributed by atoms with Crippen molar-refractivity contribution in [2.75, 3.05) is 7.11 Å². The number of esters is 1. The van der Waals surface area contributed by atoms with Gasteiger partial charge in [-0.25, -0.2) is 0 Å². The number of rotatable bonds is 3. The van der Waals surface area contributed by atoms with Gasteiger partial charge in [-0.05, 0) is 12.3 Å². The number of hydrogen-bond donors (Lipinski definition) is 0. The second kappa shape index (κ2) is 3.04. The average Bonchev–Trinajstić information content (AvgIpc) is 2.70. The summed E-state index contributed by atoms with van der Waals surface area (Å²) >= 11 is 0. The standard InChI is InChI=1S/C8H14O2/c1-6(8(9)10-2)5-7-3-4-7/h6-7H,3-5H2,1-2H3. The van der Waals surface area contributed by atoms with Crippen molar-refractivity contribution in [1.82, 2.24) is 0 Å². The first kappa shape index (κ1) is 7.58. The van der Waals surface area contributed by atoms with E-state index in [-0.39, 0.29) is 11.9 Å². The van der Waals surface area contributed by atoms with Crippen LogP contribution in [0.25, 0.3) is 0 Å². The lowest BCUT2D eigenvalue weighted by atomic mass is 10.1. The molecule has 0 N–H and O–H groups in total. The zero-order valence-electron chi connectivity index (χ0n) is 6.59. The first-order valence-corrected chi connectivity index (χ1v) is 3.82. The smallest absolute Gasteiger partial charge is 0.308 e. The van der Waals surface area contributed by atoms with Crippen LogP contribution in [0.2, 0.25) is 0 Å². The van der Waals surface area contributed by atoms with Crippen molar-refractivity contribution in [2.45, 2.75) is 26.2 Å². The molecule has 1 fully saturated rings. The number of hydrogen-bond acceptors (Lipinski definition) is 2. The molecule has 0 aromatic heterocycles. The topological polar surface area (TPSA) is 26.3 Å². The third kappa shape index (κ3) is 2.01. The monoisotopic (exact) mass is 142 g/mol. The van der Waals surface area contributed by atoms with Crippen LogP contribution in [0.4, 0.5) is 0 Å². The van der Waals surface area contributed by atoms with Crippen LogP contribution in [0.5, 0.6) is 0 Å². The van der Waals surface area contributed by atoms with Crippen LogP contribution in [0.15, 0.2) is 0 Å². The van der Waals surface area contributed by atoms with Gasteiger partial charge < -0.3 is 4.74 Å². The maximum Gasteiger partial charge on any atom is 0.308 e. The number of methoxy groups -OCH3 is 1. The Balaban J connectivity index is 2.18. The van der Waals surface area contributed by atoms with Gasteiger partial charge in [0.2, 0.25) is 0 Å². The van der Waals surface area contributed by atoms with Gasteiger partial charge in [-0.15, -0.1) is 0 Å². The normalized spacial score (nSPS) is 20.2. The molecule has 2 heteroatoms. The summed E-state index contributed by atoms with van der Waals surface area (Å²) in [5.74, 6) is 0.860. The highest BCUT2D eigenvalue weighted by molar-refractivity contribution is 5.71. The van der Waals surface area contributed by atoms with Crippen LogP contribution in [0.1, 0.15) is 26.2 Å². The molecule has 58 valence electrons. The minimum absolute atomic E-state index is 0.0631. The van der Waals surface area contributed by atoms with Gasteiger partial charge in [-0.1, -0.05) is 19.8 Å². The van der Waals surface area contributed by atoms with Crippen molar-refractivity contribution in [3.8, 4) is 0 Å². The lowest BCUT2D eigenvalue weighted by Crippen LogP contribution is -2.12. The highest BCUT2D eigenvalue weighted by Gasteiger charge is 2.26. The molecule has 1 aliphatic rings. The Labute approximate surface area is 61.6 Å². The van der Waals surface area contributed by atoms with Crippen molar-refractivity contribution in [1.29, 1.82) is 0 Å². The molecule has 1 atom stereocenters. The summed E-state index contributed by atoms with van der Waals surface area (Å²) in [6, 6.07) is 0. The molecule has 0 aliphatic heterocycles. The van der Waals surface area contributed by atoms with E-state index in [1.54, 1.807) is 0 Å². The van der Waals surface area contributed by atoms with E-state index in [2.05, 4.69) is 4.74 Å². The predicted octanol–water partition coefficient (Wildman–Crippen LogP) is 1.60. The first-order chi connectivity index (χ1) is 4.74. The first-order valence-electron chi connectivity index (χ1n) is 3.82. The molecule has 0 amide bonds. The van der Waals surface area contributed by atoms with Crippen LogP contribution < -0.4 is 0 Å². The SMILES string of the molecule is COC(=O)C(C)CC1CC1. The van der Waals surface area contributed by atoms with Crippen molar-refractivity contribution < 1.29 is 9.53 Å². The summed E-state index contributed by atoms with van der Waals surface area (Å²) in [4.78, 5) is 10.9. The molecule has 1 unspecified atom stereocenters. The van der Waals surface area contributed by atoms with E-state index in [1.165, 1.54) is 20.0 Å². The van der Waals surface area contributed by atoms with E-state index >= 15 is 0 Å². The van der Waals surface area contributed by atoms with E-state index < -0.39 is 0 Å². The van der Waals surface area contributed by atoms with Crippen LogP contribution in [-0.2, 0) is 9.53 Å². The van der Waals surface area contributed by atoms with E-state index in [9.17, 15) is 4.79 Å². The lowest BCUT2D eigenvalue weighted by Gasteiger charge is -2.06.